The molecule has 0 aliphatic heterocycles. The molecule has 0 aromatic carbocycles. The zero-order chi connectivity index (χ0) is 4.12. The van der Waals surface area contributed by atoms with E-state index in [0.29, 0.717) is 0 Å². The summed E-state index contributed by atoms with van der Waals surface area (Å²) >= 11 is -0.145. The van der Waals surface area contributed by atoms with E-state index < -0.39 is 0 Å². The van der Waals surface area contributed by atoms with E-state index in [4.69, 9.17) is 3.98 Å². The second kappa shape index (κ2) is 4.49. The molecule has 30 valence electrons. The molecule has 0 atom stereocenters. The predicted molar refractivity (Wildman–Crippen MR) is 24.9 cm³/mol. The maximum atomic E-state index is 5.20. The van der Waals surface area contributed by atoms with Crippen LogP contribution in [0.25, 0.3) is 0 Å². The summed E-state index contributed by atoms with van der Waals surface area (Å²) in [6, 6.07) is 0. The second-order valence-corrected chi connectivity index (χ2v) is 2.52. The monoisotopic (exact) mass is 187 g/mol. The first-order chi connectivity index (χ1) is 2.41. The fourth-order valence-corrected chi connectivity index (χ4v) is 0.456. The molecule has 5 heavy (non-hydrogen) atoms. The van der Waals surface area contributed by atoms with Crippen molar-refractivity contribution in [3.8, 4) is 0 Å². The van der Waals surface area contributed by atoms with Crippen LogP contribution in [0.15, 0.2) is 12.7 Å². The van der Waals surface area contributed by atoms with Gasteiger partial charge in [0.05, 0.1) is 0 Å². The molecular formula is C3H7NTe. The second-order valence-electron chi connectivity index (χ2n) is 0.622. The summed E-state index contributed by atoms with van der Waals surface area (Å²) in [5, 5.41) is 0. The van der Waals surface area contributed by atoms with Crippen LogP contribution in [0.3, 0.4) is 0 Å². The van der Waals surface area contributed by atoms with Crippen LogP contribution in [0.4, 0.5) is 0 Å². The third kappa shape index (κ3) is 4.49. The predicted octanol–water partition coefficient (Wildman–Crippen LogP) is 0.169. The van der Waals surface area contributed by atoms with Gasteiger partial charge in [0.25, 0.3) is 0 Å². The normalized spacial score (nSPS) is 7.40. The zero-order valence-electron chi connectivity index (χ0n) is 2.98. The van der Waals surface area contributed by atoms with Crippen molar-refractivity contribution in [1.82, 2.24) is 0 Å². The van der Waals surface area contributed by atoms with Crippen LogP contribution in [-0.4, -0.2) is 21.2 Å². The first-order valence-electron chi connectivity index (χ1n) is 1.34. The van der Waals surface area contributed by atoms with Crippen LogP contribution in [0.2, 0.25) is 4.47 Å². The summed E-state index contributed by atoms with van der Waals surface area (Å²) in [5.74, 6) is 0. The van der Waals surface area contributed by atoms with Gasteiger partial charge in [-0.3, -0.25) is 0 Å². The standard InChI is InChI=1S/C3H7NTe/c1-2-3-5-4/h2H,1,3-4H2. The molecule has 1 nitrogen and oxygen atoms in total. The molecular weight excluding hydrogens is 178 g/mol. The third-order valence-electron chi connectivity index (χ3n) is 0.214. The Morgan fingerprint density at radius 2 is 2.60 bits per heavy atom. The van der Waals surface area contributed by atoms with Gasteiger partial charge in [0.15, 0.2) is 0 Å². The minimum atomic E-state index is -0.145. The van der Waals surface area contributed by atoms with Crippen molar-refractivity contribution >= 4 is 21.2 Å². The topological polar surface area (TPSA) is 26.0 Å². The SMILES string of the molecule is C=CC[Te]N. The average molecular weight is 185 g/mol. The van der Waals surface area contributed by atoms with E-state index in [1.165, 1.54) is 0 Å². The number of hydrogen-bond acceptors (Lipinski definition) is 1. The van der Waals surface area contributed by atoms with Crippen LogP contribution in [0.5, 0.6) is 0 Å². The number of rotatable bonds is 2. The molecule has 2 N–H and O–H groups in total. The maximum absolute atomic E-state index is 5.20. The Kier molecular flexibility index (Phi) is 4.93. The van der Waals surface area contributed by atoms with Gasteiger partial charge in [-0.25, -0.2) is 0 Å². The summed E-state index contributed by atoms with van der Waals surface area (Å²) in [6.07, 6.45) is 1.86. The van der Waals surface area contributed by atoms with Crippen molar-refractivity contribution in [2.75, 3.05) is 0 Å². The Bertz CT molecular complexity index is 28.1. The van der Waals surface area contributed by atoms with Crippen LogP contribution in [0, 0.1) is 0 Å². The molecule has 0 aliphatic rings. The average Bonchev–Trinajstić information content (AvgIpc) is 1.41. The number of allylic oxidation sites excluding steroid dienone is 1. The molecule has 0 unspecified atom stereocenters. The van der Waals surface area contributed by atoms with Gasteiger partial charge in [-0.2, -0.15) is 0 Å². The Morgan fingerprint density at radius 3 is 2.60 bits per heavy atom. The minimum absolute atomic E-state index is 0.145. The molecule has 0 amide bonds. The molecule has 0 aromatic rings. The molecule has 0 heterocycles. The molecule has 0 saturated heterocycles. The summed E-state index contributed by atoms with van der Waals surface area (Å²) in [4.78, 5) is 0. The first kappa shape index (κ1) is 5.49. The molecule has 0 aromatic heterocycles. The van der Waals surface area contributed by atoms with E-state index in [1.54, 1.807) is 0 Å². The molecule has 0 spiro atoms. The molecule has 0 fully saturated rings. The number of nitrogens with two attached hydrogens (primary N) is 1. The van der Waals surface area contributed by atoms with Crippen molar-refractivity contribution in [3.05, 3.63) is 12.7 Å². The summed E-state index contributed by atoms with van der Waals surface area (Å²) in [6.45, 7) is 3.50. The van der Waals surface area contributed by atoms with Crippen molar-refractivity contribution in [1.29, 1.82) is 0 Å². The van der Waals surface area contributed by atoms with Crippen molar-refractivity contribution in [2.24, 2.45) is 3.98 Å². The zero-order valence-corrected chi connectivity index (χ0v) is 5.31. The van der Waals surface area contributed by atoms with Crippen LogP contribution in [-0.2, 0) is 0 Å². The van der Waals surface area contributed by atoms with Gasteiger partial charge in [-0.1, -0.05) is 0 Å². The Hall–Kier alpha value is 0.490. The van der Waals surface area contributed by atoms with Crippen LogP contribution < -0.4 is 3.98 Å². The van der Waals surface area contributed by atoms with Gasteiger partial charge in [-0.05, 0) is 0 Å². The van der Waals surface area contributed by atoms with E-state index in [9.17, 15) is 0 Å². The van der Waals surface area contributed by atoms with E-state index in [1.807, 2.05) is 6.08 Å². The van der Waals surface area contributed by atoms with Gasteiger partial charge in [0.1, 0.15) is 0 Å². The van der Waals surface area contributed by atoms with Gasteiger partial charge >= 0.3 is 42.3 Å². The summed E-state index contributed by atoms with van der Waals surface area (Å²) < 4.78 is 6.26. The van der Waals surface area contributed by atoms with Crippen molar-refractivity contribution in [2.45, 2.75) is 4.47 Å². The molecule has 2 heteroatoms. The van der Waals surface area contributed by atoms with E-state index >= 15 is 0 Å². The molecule has 0 saturated carbocycles. The van der Waals surface area contributed by atoms with E-state index in [0.717, 1.165) is 4.47 Å². The van der Waals surface area contributed by atoms with Gasteiger partial charge < -0.3 is 0 Å². The summed E-state index contributed by atoms with van der Waals surface area (Å²) in [7, 11) is 0. The first-order valence-corrected chi connectivity index (χ1v) is 4.33. The molecule has 0 bridgehead atoms. The molecule has 0 radical (unpaired) electrons. The Morgan fingerprint density at radius 1 is 2.00 bits per heavy atom. The quantitative estimate of drug-likeness (QED) is 0.481. The van der Waals surface area contributed by atoms with Gasteiger partial charge in [0, 0.05) is 0 Å². The fraction of sp³-hybridized carbons (Fsp3) is 0.333. The Balaban J connectivity index is 2.40. The van der Waals surface area contributed by atoms with Crippen LogP contribution >= 0.6 is 0 Å². The van der Waals surface area contributed by atoms with E-state index in [-0.39, 0.29) is 21.2 Å². The molecule has 0 aliphatic carbocycles. The molecule has 0 rings (SSSR count). The van der Waals surface area contributed by atoms with Gasteiger partial charge in [0.2, 0.25) is 0 Å². The summed E-state index contributed by atoms with van der Waals surface area (Å²) in [5.41, 5.74) is 0. The van der Waals surface area contributed by atoms with Crippen molar-refractivity contribution < 1.29 is 0 Å². The van der Waals surface area contributed by atoms with Crippen molar-refractivity contribution in [3.63, 3.8) is 0 Å². The third-order valence-corrected chi connectivity index (χ3v) is 1.44. The van der Waals surface area contributed by atoms with Crippen LogP contribution in [0.1, 0.15) is 0 Å². The Labute approximate surface area is 42.7 Å². The van der Waals surface area contributed by atoms with Gasteiger partial charge in [-0.15, -0.1) is 0 Å². The fourth-order valence-electron chi connectivity index (χ4n) is 0.0680. The number of hydrogen-bond donors (Lipinski definition) is 1. The van der Waals surface area contributed by atoms with E-state index in [2.05, 4.69) is 6.58 Å².